The fourth-order valence-corrected chi connectivity index (χ4v) is 2.52. The van der Waals surface area contributed by atoms with Crippen LogP contribution in [0.5, 0.6) is 5.75 Å². The summed E-state index contributed by atoms with van der Waals surface area (Å²) in [5.74, 6) is 0.570. The molecule has 0 saturated carbocycles. The van der Waals surface area contributed by atoms with E-state index in [4.69, 9.17) is 4.74 Å². The van der Waals surface area contributed by atoms with Gasteiger partial charge < -0.3 is 10.1 Å². The normalized spacial score (nSPS) is 10.2. The second-order valence-corrected chi connectivity index (χ2v) is 4.73. The van der Waals surface area contributed by atoms with Crippen molar-refractivity contribution in [2.75, 3.05) is 12.4 Å². The minimum atomic E-state index is -0.126. The molecule has 0 fully saturated rings. The number of thiazole rings is 1. The number of amides is 1. The summed E-state index contributed by atoms with van der Waals surface area (Å²) in [6, 6.07) is 1.89. The molecule has 18 heavy (non-hydrogen) atoms. The standard InChI is InChI=1S/C12H13N3O2S/c1-7-11(18-12(14-7)15-8(2)16)9-4-10(17-3)6-13-5-9/h4-6H,1-3H3,(H,14,15,16). The van der Waals surface area contributed by atoms with Gasteiger partial charge in [0.2, 0.25) is 5.91 Å². The van der Waals surface area contributed by atoms with Crippen LogP contribution in [-0.2, 0) is 4.79 Å². The summed E-state index contributed by atoms with van der Waals surface area (Å²) in [4.78, 5) is 20.4. The maximum absolute atomic E-state index is 11.0. The minimum absolute atomic E-state index is 0.126. The van der Waals surface area contributed by atoms with Crippen LogP contribution in [0.25, 0.3) is 10.4 Å². The van der Waals surface area contributed by atoms with E-state index in [1.54, 1.807) is 19.5 Å². The summed E-state index contributed by atoms with van der Waals surface area (Å²) in [6.07, 6.45) is 3.40. The molecule has 1 N–H and O–H groups in total. The number of carbonyl (C=O) groups excluding carboxylic acids is 1. The smallest absolute Gasteiger partial charge is 0.223 e. The molecule has 0 aliphatic carbocycles. The number of rotatable bonds is 3. The highest BCUT2D eigenvalue weighted by Gasteiger charge is 2.11. The zero-order valence-electron chi connectivity index (χ0n) is 10.4. The maximum Gasteiger partial charge on any atom is 0.223 e. The van der Waals surface area contributed by atoms with Gasteiger partial charge in [-0.15, -0.1) is 0 Å². The Hall–Kier alpha value is -1.95. The third kappa shape index (κ3) is 2.65. The lowest BCUT2D eigenvalue weighted by Gasteiger charge is -2.01. The molecule has 94 valence electrons. The number of anilines is 1. The number of nitrogens with one attached hydrogen (secondary N) is 1. The molecule has 0 radical (unpaired) electrons. The van der Waals surface area contributed by atoms with Gasteiger partial charge >= 0.3 is 0 Å². The summed E-state index contributed by atoms with van der Waals surface area (Å²) in [5, 5.41) is 3.28. The number of ether oxygens (including phenoxy) is 1. The highest BCUT2D eigenvalue weighted by molar-refractivity contribution is 7.19. The summed E-state index contributed by atoms with van der Waals surface area (Å²) < 4.78 is 5.14. The summed E-state index contributed by atoms with van der Waals surface area (Å²) >= 11 is 1.42. The van der Waals surface area contributed by atoms with Crippen LogP contribution >= 0.6 is 11.3 Å². The number of nitrogens with zero attached hydrogens (tertiary/aromatic N) is 2. The fraction of sp³-hybridized carbons (Fsp3) is 0.250. The highest BCUT2D eigenvalue weighted by Crippen LogP contribution is 2.33. The second-order valence-electron chi connectivity index (χ2n) is 3.73. The van der Waals surface area contributed by atoms with E-state index in [0.29, 0.717) is 10.9 Å². The second kappa shape index (κ2) is 5.14. The Morgan fingerprint density at radius 2 is 2.22 bits per heavy atom. The van der Waals surface area contributed by atoms with Gasteiger partial charge in [0.05, 0.1) is 23.9 Å². The van der Waals surface area contributed by atoms with Gasteiger partial charge in [0.1, 0.15) is 5.75 Å². The lowest BCUT2D eigenvalue weighted by atomic mass is 10.2. The van der Waals surface area contributed by atoms with Gasteiger partial charge in [-0.3, -0.25) is 9.78 Å². The summed E-state index contributed by atoms with van der Waals surface area (Å²) in [5.41, 5.74) is 1.79. The first-order chi connectivity index (χ1) is 8.60. The molecular weight excluding hydrogens is 250 g/mol. The van der Waals surface area contributed by atoms with Crippen LogP contribution in [0.4, 0.5) is 5.13 Å². The monoisotopic (exact) mass is 263 g/mol. The van der Waals surface area contributed by atoms with Gasteiger partial charge in [-0.1, -0.05) is 11.3 Å². The van der Waals surface area contributed by atoms with Crippen LogP contribution in [0.1, 0.15) is 12.6 Å². The molecule has 0 spiro atoms. The molecule has 2 aromatic heterocycles. The summed E-state index contributed by atoms with van der Waals surface area (Å²) in [6.45, 7) is 3.36. The molecule has 0 bridgehead atoms. The number of aromatic nitrogens is 2. The molecule has 2 rings (SSSR count). The molecule has 0 aliphatic heterocycles. The zero-order valence-corrected chi connectivity index (χ0v) is 11.2. The molecule has 6 heteroatoms. The van der Waals surface area contributed by atoms with Crippen molar-refractivity contribution in [3.63, 3.8) is 0 Å². The number of carbonyl (C=O) groups is 1. The third-order valence-corrected chi connectivity index (χ3v) is 3.41. The van der Waals surface area contributed by atoms with Crippen molar-refractivity contribution in [2.45, 2.75) is 13.8 Å². The van der Waals surface area contributed by atoms with Crippen LogP contribution in [0, 0.1) is 6.92 Å². The third-order valence-electron chi connectivity index (χ3n) is 2.29. The average molecular weight is 263 g/mol. The van der Waals surface area contributed by atoms with Crippen LogP contribution in [0.3, 0.4) is 0 Å². The van der Waals surface area contributed by atoms with Crippen molar-refractivity contribution in [1.29, 1.82) is 0 Å². The van der Waals surface area contributed by atoms with Crippen LogP contribution in [-0.4, -0.2) is 23.0 Å². The topological polar surface area (TPSA) is 64.1 Å². The highest BCUT2D eigenvalue weighted by atomic mass is 32.1. The van der Waals surface area contributed by atoms with Crippen molar-refractivity contribution < 1.29 is 9.53 Å². The van der Waals surface area contributed by atoms with Gasteiger partial charge in [0, 0.05) is 18.7 Å². The van der Waals surface area contributed by atoms with Gasteiger partial charge in [-0.25, -0.2) is 4.98 Å². The maximum atomic E-state index is 11.0. The molecule has 0 aliphatic rings. The van der Waals surface area contributed by atoms with Crippen molar-refractivity contribution in [3.05, 3.63) is 24.2 Å². The van der Waals surface area contributed by atoms with E-state index < -0.39 is 0 Å². The van der Waals surface area contributed by atoms with E-state index in [9.17, 15) is 4.79 Å². The van der Waals surface area contributed by atoms with Gasteiger partial charge in [0.15, 0.2) is 5.13 Å². The Balaban J connectivity index is 2.37. The van der Waals surface area contributed by atoms with Crippen molar-refractivity contribution >= 4 is 22.4 Å². The molecular formula is C12H13N3O2S. The molecule has 0 atom stereocenters. The van der Waals surface area contributed by atoms with E-state index >= 15 is 0 Å². The van der Waals surface area contributed by atoms with Crippen LogP contribution in [0.2, 0.25) is 0 Å². The number of aryl methyl sites for hydroxylation is 1. The summed E-state index contributed by atoms with van der Waals surface area (Å²) in [7, 11) is 1.60. The van der Waals surface area contributed by atoms with E-state index in [0.717, 1.165) is 16.1 Å². The van der Waals surface area contributed by atoms with E-state index in [1.807, 2.05) is 13.0 Å². The SMILES string of the molecule is COc1cncc(-c2sc(NC(C)=O)nc2C)c1. The van der Waals surface area contributed by atoms with Crippen LogP contribution < -0.4 is 10.1 Å². The lowest BCUT2D eigenvalue weighted by Crippen LogP contribution is -2.04. The van der Waals surface area contributed by atoms with Gasteiger partial charge in [-0.2, -0.15) is 0 Å². The first-order valence-corrected chi connectivity index (χ1v) is 6.16. The Morgan fingerprint density at radius 3 is 2.89 bits per heavy atom. The van der Waals surface area contributed by atoms with E-state index in [-0.39, 0.29) is 5.91 Å². The van der Waals surface area contributed by atoms with Crippen molar-refractivity contribution in [2.24, 2.45) is 0 Å². The average Bonchev–Trinajstić information content (AvgIpc) is 2.69. The first kappa shape index (κ1) is 12.5. The quantitative estimate of drug-likeness (QED) is 0.924. The predicted octanol–water partition coefficient (Wildman–Crippen LogP) is 2.48. The Bertz CT molecular complexity index is 580. The molecule has 2 heterocycles. The number of hydrogen-bond donors (Lipinski definition) is 1. The number of pyridine rings is 1. The molecule has 0 saturated heterocycles. The fourth-order valence-electron chi connectivity index (χ4n) is 1.52. The van der Waals surface area contributed by atoms with Crippen molar-refractivity contribution in [1.82, 2.24) is 9.97 Å². The molecule has 0 aromatic carbocycles. The van der Waals surface area contributed by atoms with Gasteiger partial charge in [-0.05, 0) is 13.0 Å². The minimum Gasteiger partial charge on any atom is -0.495 e. The molecule has 5 nitrogen and oxygen atoms in total. The molecule has 0 unspecified atom stereocenters. The Labute approximate surface area is 109 Å². The van der Waals surface area contributed by atoms with E-state index in [1.165, 1.54) is 18.3 Å². The van der Waals surface area contributed by atoms with E-state index in [2.05, 4.69) is 15.3 Å². The number of hydrogen-bond acceptors (Lipinski definition) is 5. The first-order valence-electron chi connectivity index (χ1n) is 5.34. The Morgan fingerprint density at radius 1 is 1.44 bits per heavy atom. The number of methoxy groups -OCH3 is 1. The van der Waals surface area contributed by atoms with Gasteiger partial charge in [0.25, 0.3) is 0 Å². The zero-order chi connectivity index (χ0) is 13.1. The van der Waals surface area contributed by atoms with Crippen LogP contribution in [0.15, 0.2) is 18.5 Å². The largest absolute Gasteiger partial charge is 0.495 e. The molecule has 1 amide bonds. The molecule has 2 aromatic rings. The lowest BCUT2D eigenvalue weighted by molar-refractivity contribution is -0.114. The van der Waals surface area contributed by atoms with Crippen molar-refractivity contribution in [3.8, 4) is 16.2 Å². The predicted molar refractivity (Wildman–Crippen MR) is 70.9 cm³/mol. The Kier molecular flexibility index (Phi) is 3.57.